The monoisotopic (exact) mass is 256 g/mol. The summed E-state index contributed by atoms with van der Waals surface area (Å²) in [7, 11) is 0. The Morgan fingerprint density at radius 2 is 2.29 bits per heavy atom. The average Bonchev–Trinajstić information content (AvgIpc) is 2.93. The van der Waals surface area contributed by atoms with Gasteiger partial charge >= 0.3 is 0 Å². The van der Waals surface area contributed by atoms with Gasteiger partial charge in [-0.2, -0.15) is 0 Å². The number of aliphatic hydroxyl groups excluding tert-OH is 1. The van der Waals surface area contributed by atoms with Crippen molar-refractivity contribution in [3.8, 4) is 5.75 Å². The highest BCUT2D eigenvalue weighted by molar-refractivity contribution is 9.10. The van der Waals surface area contributed by atoms with Gasteiger partial charge in [0.15, 0.2) is 0 Å². The zero-order chi connectivity index (χ0) is 9.97. The highest BCUT2D eigenvalue weighted by Gasteiger charge is 2.36. The molecule has 0 aliphatic heterocycles. The molecule has 2 unspecified atom stereocenters. The lowest BCUT2D eigenvalue weighted by Crippen LogP contribution is -2.02. The Morgan fingerprint density at radius 3 is 2.93 bits per heavy atom. The summed E-state index contributed by atoms with van der Waals surface area (Å²) in [4.78, 5) is 0. The Hall–Kier alpha value is -0.540. The highest BCUT2D eigenvalue weighted by atomic mass is 79.9. The van der Waals surface area contributed by atoms with Crippen molar-refractivity contribution in [1.29, 1.82) is 0 Å². The first-order valence-corrected chi connectivity index (χ1v) is 5.58. The predicted octanol–water partition coefficient (Wildman–Crippen LogP) is 2.46. The first-order chi connectivity index (χ1) is 6.79. The minimum atomic E-state index is 0.298. The number of halogens is 1. The van der Waals surface area contributed by atoms with Crippen LogP contribution in [0.25, 0.3) is 0 Å². The molecule has 0 heterocycles. The summed E-state index contributed by atoms with van der Waals surface area (Å²) in [6.07, 6.45) is 1.10. The van der Waals surface area contributed by atoms with Crippen molar-refractivity contribution in [2.45, 2.75) is 6.42 Å². The SMILES string of the molecule is OCC1CC1COc1cccc(Br)c1. The van der Waals surface area contributed by atoms with Crippen molar-refractivity contribution in [3.63, 3.8) is 0 Å². The number of hydrogen-bond donors (Lipinski definition) is 1. The number of hydrogen-bond acceptors (Lipinski definition) is 2. The first kappa shape index (κ1) is 9.99. The van der Waals surface area contributed by atoms with Crippen LogP contribution in [0.5, 0.6) is 5.75 Å². The fraction of sp³-hybridized carbons (Fsp3) is 0.455. The summed E-state index contributed by atoms with van der Waals surface area (Å²) >= 11 is 3.39. The number of benzene rings is 1. The second-order valence-corrected chi connectivity index (χ2v) is 4.62. The molecule has 14 heavy (non-hydrogen) atoms. The molecule has 0 amide bonds. The summed E-state index contributed by atoms with van der Waals surface area (Å²) in [5.41, 5.74) is 0. The van der Waals surface area contributed by atoms with Crippen LogP contribution in [-0.2, 0) is 0 Å². The Balaban J connectivity index is 1.81. The number of rotatable bonds is 4. The molecule has 0 bridgehead atoms. The van der Waals surface area contributed by atoms with E-state index in [9.17, 15) is 0 Å². The van der Waals surface area contributed by atoms with Crippen LogP contribution in [0.4, 0.5) is 0 Å². The quantitative estimate of drug-likeness (QED) is 0.897. The molecule has 2 rings (SSSR count). The largest absolute Gasteiger partial charge is 0.493 e. The normalized spacial score (nSPS) is 24.7. The van der Waals surface area contributed by atoms with Crippen LogP contribution < -0.4 is 4.74 Å². The molecule has 2 atom stereocenters. The van der Waals surface area contributed by atoms with Gasteiger partial charge in [-0.3, -0.25) is 0 Å². The van der Waals surface area contributed by atoms with Crippen LogP contribution in [0.2, 0.25) is 0 Å². The molecule has 1 saturated carbocycles. The van der Waals surface area contributed by atoms with Gasteiger partial charge in [-0.15, -0.1) is 0 Å². The Morgan fingerprint density at radius 1 is 1.43 bits per heavy atom. The summed E-state index contributed by atoms with van der Waals surface area (Å²) < 4.78 is 6.63. The Bertz CT molecular complexity index is 314. The second-order valence-electron chi connectivity index (χ2n) is 3.71. The third-order valence-corrected chi connectivity index (χ3v) is 3.06. The Kier molecular flexibility index (Phi) is 3.08. The molecule has 0 radical (unpaired) electrons. The number of ether oxygens (including phenoxy) is 1. The molecule has 0 spiro atoms. The van der Waals surface area contributed by atoms with Gasteiger partial charge in [0.1, 0.15) is 5.75 Å². The first-order valence-electron chi connectivity index (χ1n) is 4.79. The average molecular weight is 257 g/mol. The predicted molar refractivity (Wildman–Crippen MR) is 58.3 cm³/mol. The minimum Gasteiger partial charge on any atom is -0.493 e. The molecule has 1 fully saturated rings. The Labute approximate surface area is 92.0 Å². The molecule has 1 aliphatic rings. The van der Waals surface area contributed by atoms with E-state index in [0.717, 1.165) is 23.2 Å². The summed E-state index contributed by atoms with van der Waals surface area (Å²) in [5, 5.41) is 8.85. The molecule has 3 heteroatoms. The molecular weight excluding hydrogens is 244 g/mol. The van der Waals surface area contributed by atoms with E-state index in [0.29, 0.717) is 18.4 Å². The maximum atomic E-state index is 8.85. The molecule has 0 saturated heterocycles. The van der Waals surface area contributed by atoms with Crippen LogP contribution in [0.3, 0.4) is 0 Å². The maximum Gasteiger partial charge on any atom is 0.120 e. The van der Waals surface area contributed by atoms with E-state index in [1.807, 2.05) is 24.3 Å². The van der Waals surface area contributed by atoms with Crippen LogP contribution in [-0.4, -0.2) is 18.3 Å². The zero-order valence-corrected chi connectivity index (χ0v) is 9.40. The van der Waals surface area contributed by atoms with Crippen molar-refractivity contribution in [1.82, 2.24) is 0 Å². The molecular formula is C11H13BrO2. The molecule has 2 nitrogen and oxygen atoms in total. The van der Waals surface area contributed by atoms with Crippen molar-refractivity contribution >= 4 is 15.9 Å². The molecule has 1 N–H and O–H groups in total. The molecule has 0 aromatic heterocycles. The standard InChI is InChI=1S/C11H13BrO2/c12-10-2-1-3-11(5-10)14-7-9-4-8(9)6-13/h1-3,5,8-9,13H,4,6-7H2. The van der Waals surface area contributed by atoms with Gasteiger partial charge in [-0.05, 0) is 36.5 Å². The van der Waals surface area contributed by atoms with Crippen molar-refractivity contribution in [2.75, 3.05) is 13.2 Å². The van der Waals surface area contributed by atoms with Gasteiger partial charge in [0.25, 0.3) is 0 Å². The van der Waals surface area contributed by atoms with Gasteiger partial charge in [-0.1, -0.05) is 22.0 Å². The van der Waals surface area contributed by atoms with Crippen LogP contribution in [0.1, 0.15) is 6.42 Å². The molecule has 1 aliphatic carbocycles. The maximum absolute atomic E-state index is 8.85. The summed E-state index contributed by atoms with van der Waals surface area (Å²) in [5.74, 6) is 1.92. The minimum absolute atomic E-state index is 0.298. The van der Waals surface area contributed by atoms with E-state index in [4.69, 9.17) is 9.84 Å². The van der Waals surface area contributed by atoms with E-state index in [-0.39, 0.29) is 0 Å². The van der Waals surface area contributed by atoms with Crippen molar-refractivity contribution < 1.29 is 9.84 Å². The summed E-state index contributed by atoms with van der Waals surface area (Å²) in [6.45, 7) is 1.02. The van der Waals surface area contributed by atoms with Crippen LogP contribution in [0, 0.1) is 11.8 Å². The molecule has 76 valence electrons. The smallest absolute Gasteiger partial charge is 0.120 e. The fourth-order valence-corrected chi connectivity index (χ4v) is 1.88. The van der Waals surface area contributed by atoms with Crippen molar-refractivity contribution in [2.24, 2.45) is 11.8 Å². The van der Waals surface area contributed by atoms with E-state index >= 15 is 0 Å². The van der Waals surface area contributed by atoms with E-state index < -0.39 is 0 Å². The van der Waals surface area contributed by atoms with Gasteiger partial charge in [0.05, 0.1) is 6.61 Å². The topological polar surface area (TPSA) is 29.5 Å². The lowest BCUT2D eigenvalue weighted by Gasteiger charge is -2.05. The second kappa shape index (κ2) is 4.32. The summed E-state index contributed by atoms with van der Waals surface area (Å²) in [6, 6.07) is 7.83. The third-order valence-electron chi connectivity index (χ3n) is 2.56. The highest BCUT2D eigenvalue weighted by Crippen LogP contribution is 2.38. The molecule has 1 aromatic carbocycles. The van der Waals surface area contributed by atoms with Crippen LogP contribution >= 0.6 is 15.9 Å². The van der Waals surface area contributed by atoms with Gasteiger partial charge in [0, 0.05) is 11.1 Å². The lowest BCUT2D eigenvalue weighted by atomic mass is 10.3. The zero-order valence-electron chi connectivity index (χ0n) is 7.82. The van der Waals surface area contributed by atoms with Gasteiger partial charge in [0.2, 0.25) is 0 Å². The fourth-order valence-electron chi connectivity index (χ4n) is 1.50. The van der Waals surface area contributed by atoms with Gasteiger partial charge < -0.3 is 9.84 Å². The number of aliphatic hydroxyl groups is 1. The van der Waals surface area contributed by atoms with Crippen LogP contribution in [0.15, 0.2) is 28.7 Å². The van der Waals surface area contributed by atoms with E-state index in [1.165, 1.54) is 0 Å². The lowest BCUT2D eigenvalue weighted by molar-refractivity contribution is 0.243. The third kappa shape index (κ3) is 2.49. The van der Waals surface area contributed by atoms with Crippen molar-refractivity contribution in [3.05, 3.63) is 28.7 Å². The molecule has 1 aromatic rings. The van der Waals surface area contributed by atoms with Gasteiger partial charge in [-0.25, -0.2) is 0 Å². The van der Waals surface area contributed by atoms with E-state index in [2.05, 4.69) is 15.9 Å². The van der Waals surface area contributed by atoms with E-state index in [1.54, 1.807) is 0 Å².